The molecular formula is C24H27NO7. The minimum atomic E-state index is -0.586. The number of ether oxygens (including phenoxy) is 4. The van der Waals surface area contributed by atoms with E-state index >= 15 is 0 Å². The first-order chi connectivity index (χ1) is 15.7. The zero-order valence-electron chi connectivity index (χ0n) is 17.8. The van der Waals surface area contributed by atoms with Gasteiger partial charge in [0.15, 0.2) is 0 Å². The van der Waals surface area contributed by atoms with Crippen LogP contribution >= 0.6 is 0 Å². The zero-order chi connectivity index (χ0) is 22.8. The van der Waals surface area contributed by atoms with Crippen LogP contribution in [0.1, 0.15) is 11.1 Å². The molecule has 3 rings (SSSR count). The van der Waals surface area contributed by atoms with Crippen molar-refractivity contribution in [3.8, 4) is 11.5 Å². The third kappa shape index (κ3) is 5.87. The van der Waals surface area contributed by atoms with Gasteiger partial charge in [-0.15, -0.1) is 0 Å². The summed E-state index contributed by atoms with van der Waals surface area (Å²) in [5, 5.41) is 13.5. The van der Waals surface area contributed by atoms with Crippen LogP contribution in [0, 0.1) is 0 Å². The molecule has 0 saturated heterocycles. The summed E-state index contributed by atoms with van der Waals surface area (Å²) in [6.07, 6.45) is 5.86. The predicted molar refractivity (Wildman–Crippen MR) is 119 cm³/mol. The Balaban J connectivity index is 1.66. The molecular weight excluding hydrogens is 414 g/mol. The van der Waals surface area contributed by atoms with Crippen molar-refractivity contribution in [1.29, 1.82) is 0 Å². The summed E-state index contributed by atoms with van der Waals surface area (Å²) >= 11 is 0. The van der Waals surface area contributed by atoms with Gasteiger partial charge in [0, 0.05) is 34.5 Å². The number of aliphatic hydroxyl groups is 1. The lowest BCUT2D eigenvalue weighted by molar-refractivity contribution is -0.139. The van der Waals surface area contributed by atoms with Crippen LogP contribution in [0.3, 0.4) is 0 Å². The molecule has 170 valence electrons. The Morgan fingerprint density at radius 2 is 1.69 bits per heavy atom. The molecule has 1 amide bonds. The number of nitrogens with one attached hydrogen (secondary N) is 1. The molecule has 0 aromatic heterocycles. The van der Waals surface area contributed by atoms with Crippen molar-refractivity contribution in [3.05, 3.63) is 60.2 Å². The highest BCUT2D eigenvalue weighted by atomic mass is 16.6. The van der Waals surface area contributed by atoms with E-state index in [0.717, 1.165) is 28.0 Å². The number of carbonyl (C=O) groups excluding carboxylic acids is 2. The topological polar surface area (TPSA) is 103 Å². The molecule has 0 saturated carbocycles. The monoisotopic (exact) mass is 441 g/mol. The fourth-order valence-corrected chi connectivity index (χ4v) is 3.46. The van der Waals surface area contributed by atoms with Crippen LogP contribution in [0.15, 0.2) is 49.1 Å². The van der Waals surface area contributed by atoms with Crippen molar-refractivity contribution in [1.82, 2.24) is 5.32 Å². The molecule has 2 N–H and O–H groups in total. The predicted octanol–water partition coefficient (Wildman–Crippen LogP) is 2.70. The van der Waals surface area contributed by atoms with Gasteiger partial charge in [-0.3, -0.25) is 0 Å². The Morgan fingerprint density at radius 1 is 1.00 bits per heavy atom. The number of carbonyl (C=O) groups is 2. The van der Waals surface area contributed by atoms with Crippen LogP contribution in [0.2, 0.25) is 0 Å². The van der Waals surface area contributed by atoms with Crippen LogP contribution in [-0.4, -0.2) is 56.7 Å². The molecule has 0 atom stereocenters. The van der Waals surface area contributed by atoms with E-state index in [1.54, 1.807) is 0 Å². The molecule has 32 heavy (non-hydrogen) atoms. The second-order valence-corrected chi connectivity index (χ2v) is 6.91. The normalized spacial score (nSPS) is 12.2. The van der Waals surface area contributed by atoms with Crippen LogP contribution in [-0.2, 0) is 27.1 Å². The minimum absolute atomic E-state index is 0.0850. The van der Waals surface area contributed by atoms with E-state index in [2.05, 4.69) is 18.0 Å². The maximum absolute atomic E-state index is 12.5. The Labute approximate surface area is 186 Å². The number of hydrogen-bond donors (Lipinski definition) is 2. The highest BCUT2D eigenvalue weighted by Crippen LogP contribution is 2.43. The van der Waals surface area contributed by atoms with Crippen molar-refractivity contribution >= 4 is 22.8 Å². The lowest BCUT2D eigenvalue weighted by Crippen LogP contribution is -2.31. The van der Waals surface area contributed by atoms with Gasteiger partial charge in [0.1, 0.15) is 24.7 Å². The second kappa shape index (κ2) is 11.9. The van der Waals surface area contributed by atoms with Crippen LogP contribution in [0.25, 0.3) is 10.8 Å². The summed E-state index contributed by atoms with van der Waals surface area (Å²) < 4.78 is 21.7. The quantitative estimate of drug-likeness (QED) is 0.239. The van der Waals surface area contributed by atoms with Crippen molar-refractivity contribution in [3.63, 3.8) is 0 Å². The largest absolute Gasteiger partial charge is 0.490 e. The van der Waals surface area contributed by atoms with Gasteiger partial charge in [0.05, 0.1) is 19.8 Å². The number of amides is 1. The first kappa shape index (κ1) is 23.3. The van der Waals surface area contributed by atoms with Gasteiger partial charge in [-0.1, -0.05) is 43.0 Å². The number of esters is 1. The molecule has 0 bridgehead atoms. The Hall–Kier alpha value is -3.36. The molecule has 0 spiro atoms. The first-order valence-corrected chi connectivity index (χ1v) is 10.4. The molecule has 2 aromatic carbocycles. The van der Waals surface area contributed by atoms with E-state index in [9.17, 15) is 14.7 Å². The summed E-state index contributed by atoms with van der Waals surface area (Å²) in [4.78, 5) is 23.4. The molecule has 2 aromatic rings. The fraction of sp³-hybridized carbons (Fsp3) is 0.333. The van der Waals surface area contributed by atoms with Gasteiger partial charge in [0.25, 0.3) is 0 Å². The van der Waals surface area contributed by atoms with Gasteiger partial charge < -0.3 is 29.4 Å². The van der Waals surface area contributed by atoms with Crippen molar-refractivity contribution < 1.29 is 33.6 Å². The van der Waals surface area contributed by atoms with Crippen molar-refractivity contribution in [2.45, 2.75) is 12.8 Å². The molecule has 8 heteroatoms. The standard InChI is InChI=1S/C24H27NO7/c1-2-21(27)30-16-15-29-13-11-25-24(28)32-23-19-9-5-3-7-17(19)22(31-14-12-26)18-8-4-6-10-20(18)23/h2-7,9,26H,1,8,10-16H2,(H,25,28). The summed E-state index contributed by atoms with van der Waals surface area (Å²) in [5.74, 6) is 0.715. The number of allylic oxidation sites excluding steroid dienone is 2. The molecule has 0 heterocycles. The Kier molecular flexibility index (Phi) is 8.65. The summed E-state index contributed by atoms with van der Waals surface area (Å²) in [7, 11) is 0. The van der Waals surface area contributed by atoms with Crippen LogP contribution in [0.4, 0.5) is 4.79 Å². The Morgan fingerprint density at radius 3 is 2.38 bits per heavy atom. The van der Waals surface area contributed by atoms with Crippen LogP contribution in [0.5, 0.6) is 11.5 Å². The molecule has 8 nitrogen and oxygen atoms in total. The summed E-state index contributed by atoms with van der Waals surface area (Å²) in [6, 6.07) is 7.57. The van der Waals surface area contributed by atoms with E-state index in [-0.39, 0.29) is 39.6 Å². The zero-order valence-corrected chi connectivity index (χ0v) is 17.8. The highest BCUT2D eigenvalue weighted by Gasteiger charge is 2.23. The number of benzene rings is 2. The Bertz CT molecular complexity index is 999. The smallest absolute Gasteiger partial charge is 0.412 e. The third-order valence-corrected chi connectivity index (χ3v) is 4.83. The second-order valence-electron chi connectivity index (χ2n) is 6.91. The average Bonchev–Trinajstić information content (AvgIpc) is 2.82. The first-order valence-electron chi connectivity index (χ1n) is 10.4. The van der Waals surface area contributed by atoms with E-state index in [4.69, 9.17) is 18.9 Å². The summed E-state index contributed by atoms with van der Waals surface area (Å²) in [6.45, 7) is 4.24. The van der Waals surface area contributed by atoms with Crippen molar-refractivity contribution in [2.24, 2.45) is 0 Å². The van der Waals surface area contributed by atoms with E-state index in [0.29, 0.717) is 24.3 Å². The van der Waals surface area contributed by atoms with E-state index < -0.39 is 12.1 Å². The fourth-order valence-electron chi connectivity index (χ4n) is 3.46. The molecule has 0 radical (unpaired) electrons. The maximum Gasteiger partial charge on any atom is 0.412 e. The van der Waals surface area contributed by atoms with Gasteiger partial charge in [0.2, 0.25) is 0 Å². The molecule has 1 aliphatic rings. The van der Waals surface area contributed by atoms with Gasteiger partial charge in [-0.05, 0) is 12.8 Å². The van der Waals surface area contributed by atoms with E-state index in [1.807, 2.05) is 30.3 Å². The SMILES string of the molecule is C=CC(=O)OCCOCCNC(=O)Oc1c2c(c(OCCO)c3ccccc13)CC=CC2. The van der Waals surface area contributed by atoms with Crippen LogP contribution < -0.4 is 14.8 Å². The number of fused-ring (bicyclic) bond motifs is 2. The lowest BCUT2D eigenvalue weighted by Gasteiger charge is -2.22. The highest BCUT2D eigenvalue weighted by molar-refractivity contribution is 5.97. The van der Waals surface area contributed by atoms with Gasteiger partial charge >= 0.3 is 12.1 Å². The maximum atomic E-state index is 12.5. The number of hydrogen-bond acceptors (Lipinski definition) is 7. The molecule has 0 fully saturated rings. The third-order valence-electron chi connectivity index (χ3n) is 4.83. The summed E-state index contributed by atoms with van der Waals surface area (Å²) in [5.41, 5.74) is 1.86. The molecule has 1 aliphatic carbocycles. The van der Waals surface area contributed by atoms with E-state index in [1.165, 1.54) is 0 Å². The number of rotatable bonds is 11. The lowest BCUT2D eigenvalue weighted by atomic mass is 9.90. The molecule has 0 unspecified atom stereocenters. The van der Waals surface area contributed by atoms with Gasteiger partial charge in [-0.2, -0.15) is 0 Å². The van der Waals surface area contributed by atoms with Gasteiger partial charge in [-0.25, -0.2) is 9.59 Å². The van der Waals surface area contributed by atoms with Crippen molar-refractivity contribution in [2.75, 3.05) is 39.6 Å². The average molecular weight is 441 g/mol. The minimum Gasteiger partial charge on any atom is -0.490 e. The number of aliphatic hydroxyl groups excluding tert-OH is 1. The molecule has 0 aliphatic heterocycles.